The predicted octanol–water partition coefficient (Wildman–Crippen LogP) is 4.03. The molecule has 28 heavy (non-hydrogen) atoms. The molecule has 3 aromatic rings. The smallest absolute Gasteiger partial charge is 0.223 e. The van der Waals surface area contributed by atoms with Gasteiger partial charge in [-0.05, 0) is 43.2 Å². The van der Waals surface area contributed by atoms with Gasteiger partial charge in [0.05, 0.1) is 36.7 Å². The zero-order valence-electron chi connectivity index (χ0n) is 15.6. The molecule has 144 valence electrons. The van der Waals surface area contributed by atoms with E-state index in [1.54, 1.807) is 18.3 Å². The summed E-state index contributed by atoms with van der Waals surface area (Å²) < 4.78 is 21.1. The van der Waals surface area contributed by atoms with Crippen molar-refractivity contribution < 1.29 is 9.13 Å². The topological polar surface area (TPSA) is 64.9 Å². The van der Waals surface area contributed by atoms with Crippen LogP contribution >= 0.6 is 0 Å². The standard InChI is InChI=1S/C21H22FN5O/c22-15-7-5-14(6-8-15)20-19(18-13-28-12-11-27(18)26-20)17-9-10-23-21(25-17)24-16-3-1-2-4-16/h5-10,16H,1-4,11-13H2,(H,23,24,25). The SMILES string of the molecule is Fc1ccc(-c2nn3c(c2-c2ccnc(NC4CCCC4)n2)COCC3)cc1. The fourth-order valence-corrected chi connectivity index (χ4v) is 4.05. The molecule has 5 rings (SSSR count). The molecular weight excluding hydrogens is 357 g/mol. The Bertz CT molecular complexity index is 979. The van der Waals surface area contributed by atoms with Crippen molar-refractivity contribution in [2.24, 2.45) is 0 Å². The van der Waals surface area contributed by atoms with Gasteiger partial charge in [0, 0.05) is 17.8 Å². The summed E-state index contributed by atoms with van der Waals surface area (Å²) in [6.07, 6.45) is 6.60. The molecule has 1 fully saturated rings. The van der Waals surface area contributed by atoms with Crippen molar-refractivity contribution >= 4 is 5.95 Å². The molecule has 1 aromatic carbocycles. The van der Waals surface area contributed by atoms with Crippen LogP contribution in [0.15, 0.2) is 36.5 Å². The average molecular weight is 379 g/mol. The minimum absolute atomic E-state index is 0.261. The third-order valence-electron chi connectivity index (χ3n) is 5.46. The van der Waals surface area contributed by atoms with E-state index in [0.717, 1.165) is 41.1 Å². The Morgan fingerprint density at radius 3 is 2.75 bits per heavy atom. The van der Waals surface area contributed by atoms with Gasteiger partial charge in [0.2, 0.25) is 5.95 Å². The van der Waals surface area contributed by atoms with Crippen LogP contribution in [0.4, 0.5) is 10.3 Å². The third-order valence-corrected chi connectivity index (χ3v) is 5.46. The van der Waals surface area contributed by atoms with Gasteiger partial charge in [0.25, 0.3) is 0 Å². The highest BCUT2D eigenvalue weighted by Crippen LogP contribution is 2.35. The average Bonchev–Trinajstić information content (AvgIpc) is 3.36. The number of anilines is 1. The summed E-state index contributed by atoms with van der Waals surface area (Å²) in [4.78, 5) is 9.19. The van der Waals surface area contributed by atoms with Crippen molar-refractivity contribution in [1.29, 1.82) is 0 Å². The monoisotopic (exact) mass is 379 g/mol. The number of aromatic nitrogens is 4. The predicted molar refractivity (Wildman–Crippen MR) is 104 cm³/mol. The van der Waals surface area contributed by atoms with Gasteiger partial charge in [0.1, 0.15) is 11.5 Å². The second-order valence-electron chi connectivity index (χ2n) is 7.34. The summed E-state index contributed by atoms with van der Waals surface area (Å²) in [5, 5.41) is 8.25. The summed E-state index contributed by atoms with van der Waals surface area (Å²) in [5.41, 5.74) is 4.40. The van der Waals surface area contributed by atoms with Gasteiger partial charge in [-0.25, -0.2) is 14.4 Å². The first-order valence-electron chi connectivity index (χ1n) is 9.81. The molecule has 1 aliphatic heterocycles. The number of nitrogens with zero attached hydrogens (tertiary/aromatic N) is 4. The number of ether oxygens (including phenoxy) is 1. The van der Waals surface area contributed by atoms with E-state index in [-0.39, 0.29) is 5.82 Å². The van der Waals surface area contributed by atoms with Gasteiger partial charge < -0.3 is 10.1 Å². The fourth-order valence-electron chi connectivity index (χ4n) is 4.05. The lowest BCUT2D eigenvalue weighted by Crippen LogP contribution is -2.18. The highest BCUT2D eigenvalue weighted by Gasteiger charge is 2.24. The molecule has 0 atom stereocenters. The van der Waals surface area contributed by atoms with Crippen molar-refractivity contribution in [3.05, 3.63) is 48.0 Å². The molecule has 0 saturated heterocycles. The first-order valence-corrected chi connectivity index (χ1v) is 9.81. The molecule has 0 bridgehead atoms. The van der Waals surface area contributed by atoms with Gasteiger partial charge >= 0.3 is 0 Å². The van der Waals surface area contributed by atoms with Crippen molar-refractivity contribution in [2.45, 2.75) is 44.9 Å². The number of hydrogen-bond acceptors (Lipinski definition) is 5. The van der Waals surface area contributed by atoms with E-state index in [4.69, 9.17) is 14.8 Å². The van der Waals surface area contributed by atoms with Crippen molar-refractivity contribution in [1.82, 2.24) is 19.7 Å². The van der Waals surface area contributed by atoms with Gasteiger partial charge in [-0.1, -0.05) is 12.8 Å². The van der Waals surface area contributed by atoms with Gasteiger partial charge in [0.15, 0.2) is 0 Å². The van der Waals surface area contributed by atoms with Crippen LogP contribution in [0.2, 0.25) is 0 Å². The number of hydrogen-bond donors (Lipinski definition) is 1. The number of nitrogens with one attached hydrogen (secondary N) is 1. The van der Waals surface area contributed by atoms with Crippen LogP contribution < -0.4 is 5.32 Å². The number of halogens is 1. The lowest BCUT2D eigenvalue weighted by atomic mass is 10.0. The molecule has 1 N–H and O–H groups in total. The van der Waals surface area contributed by atoms with E-state index in [1.807, 2.05) is 10.7 Å². The van der Waals surface area contributed by atoms with Crippen LogP contribution in [-0.2, 0) is 17.9 Å². The molecule has 3 heterocycles. The van der Waals surface area contributed by atoms with Crippen LogP contribution in [-0.4, -0.2) is 32.4 Å². The minimum atomic E-state index is -0.261. The Hall–Kier alpha value is -2.80. The first-order chi connectivity index (χ1) is 13.8. The minimum Gasteiger partial charge on any atom is -0.373 e. The largest absolute Gasteiger partial charge is 0.373 e. The highest BCUT2D eigenvalue weighted by atomic mass is 19.1. The molecule has 0 radical (unpaired) electrons. The van der Waals surface area contributed by atoms with Crippen molar-refractivity contribution in [2.75, 3.05) is 11.9 Å². The van der Waals surface area contributed by atoms with Crippen LogP contribution in [0.1, 0.15) is 31.4 Å². The quantitative estimate of drug-likeness (QED) is 0.741. The van der Waals surface area contributed by atoms with Gasteiger partial charge in [-0.2, -0.15) is 5.10 Å². The second-order valence-corrected chi connectivity index (χ2v) is 7.34. The normalized spacial score (nSPS) is 16.9. The van der Waals surface area contributed by atoms with E-state index < -0.39 is 0 Å². The van der Waals surface area contributed by atoms with E-state index >= 15 is 0 Å². The zero-order chi connectivity index (χ0) is 18.9. The summed E-state index contributed by atoms with van der Waals surface area (Å²) >= 11 is 0. The molecule has 1 saturated carbocycles. The van der Waals surface area contributed by atoms with Crippen LogP contribution in [0.3, 0.4) is 0 Å². The summed E-state index contributed by atoms with van der Waals surface area (Å²) in [6, 6.07) is 8.78. The number of fused-ring (bicyclic) bond motifs is 1. The Morgan fingerprint density at radius 2 is 1.93 bits per heavy atom. The Kier molecular flexibility index (Phi) is 4.52. The molecule has 2 aliphatic rings. The Morgan fingerprint density at radius 1 is 1.11 bits per heavy atom. The van der Waals surface area contributed by atoms with E-state index in [2.05, 4.69) is 10.3 Å². The third kappa shape index (κ3) is 3.26. The molecule has 6 nitrogen and oxygen atoms in total. The van der Waals surface area contributed by atoms with Gasteiger partial charge in [-0.15, -0.1) is 0 Å². The first kappa shape index (κ1) is 17.3. The van der Waals surface area contributed by atoms with Crippen molar-refractivity contribution in [3.8, 4) is 22.5 Å². The highest BCUT2D eigenvalue weighted by molar-refractivity contribution is 5.81. The van der Waals surface area contributed by atoms with E-state index in [9.17, 15) is 4.39 Å². The molecule has 2 aromatic heterocycles. The lowest BCUT2D eigenvalue weighted by Gasteiger charge is -2.16. The Balaban J connectivity index is 1.58. The fraction of sp³-hybridized carbons (Fsp3) is 0.381. The van der Waals surface area contributed by atoms with Crippen LogP contribution in [0.25, 0.3) is 22.5 Å². The van der Waals surface area contributed by atoms with Crippen LogP contribution in [0, 0.1) is 5.82 Å². The summed E-state index contributed by atoms with van der Waals surface area (Å²) in [5.74, 6) is 0.383. The maximum atomic E-state index is 13.4. The number of rotatable bonds is 4. The van der Waals surface area contributed by atoms with E-state index in [1.165, 1.54) is 25.0 Å². The van der Waals surface area contributed by atoms with Gasteiger partial charge in [-0.3, -0.25) is 4.68 Å². The molecule has 0 unspecified atom stereocenters. The maximum Gasteiger partial charge on any atom is 0.223 e. The molecule has 1 aliphatic carbocycles. The summed E-state index contributed by atoms with van der Waals surface area (Å²) in [7, 11) is 0. The summed E-state index contributed by atoms with van der Waals surface area (Å²) in [6.45, 7) is 1.82. The lowest BCUT2D eigenvalue weighted by molar-refractivity contribution is 0.0804. The van der Waals surface area contributed by atoms with E-state index in [0.29, 0.717) is 31.7 Å². The zero-order valence-corrected chi connectivity index (χ0v) is 15.6. The molecule has 0 amide bonds. The molecule has 0 spiro atoms. The molecular formula is C21H22FN5O. The Labute approximate surface area is 162 Å². The molecule has 7 heteroatoms. The van der Waals surface area contributed by atoms with Crippen molar-refractivity contribution in [3.63, 3.8) is 0 Å². The maximum absolute atomic E-state index is 13.4. The number of benzene rings is 1. The second kappa shape index (κ2) is 7.31. The van der Waals surface area contributed by atoms with Crippen LogP contribution in [0.5, 0.6) is 0 Å².